The van der Waals surface area contributed by atoms with E-state index in [2.05, 4.69) is 187 Å². The summed E-state index contributed by atoms with van der Waals surface area (Å²) in [7, 11) is 0. The van der Waals surface area contributed by atoms with Crippen LogP contribution in [0.15, 0.2) is 182 Å². The summed E-state index contributed by atoms with van der Waals surface area (Å²) in [5, 5.41) is 24.8. The number of fused-ring (bicyclic) bond motifs is 6. The van der Waals surface area contributed by atoms with E-state index in [1.807, 2.05) is 60.7 Å². The molecule has 2 aliphatic carbocycles. The Morgan fingerprint density at radius 3 is 0.986 bits per heavy atom. The van der Waals surface area contributed by atoms with Crippen molar-refractivity contribution in [1.82, 2.24) is 9.80 Å². The standard InChI is InChI=1S/C50H52N2O2.2C7H7.Ti/c1-7-51(8-2)25-26-52(31-35-27-33(3)29-45(47(35)53)49(5)41-21-13-9-17-37(41)38-18-10-14-22-42(38)49)32-36-28-34(4)30-46(48(36)54)50(6)43-23-15-11-19-39(43)40-20-12-16-24-44(40)50;2*1-7-5-3-2-4-6-7;/h9-24,27-30,53-54H,7-8,25-26,31-32H2,1-6H3;2*2-6H,1H2;/q;2*-1;+3. The van der Waals surface area contributed by atoms with E-state index in [1.165, 1.54) is 44.5 Å². The first-order chi connectivity index (χ1) is 32.9. The third-order valence-electron chi connectivity index (χ3n) is 14.3. The third-order valence-corrected chi connectivity index (χ3v) is 14.3. The van der Waals surface area contributed by atoms with E-state index in [4.69, 9.17) is 0 Å². The zero-order valence-electron chi connectivity index (χ0n) is 41.3. The summed E-state index contributed by atoms with van der Waals surface area (Å²) >= 11 is 0. The molecule has 0 amide bonds. The van der Waals surface area contributed by atoms with Crippen LogP contribution in [-0.4, -0.2) is 46.2 Å². The van der Waals surface area contributed by atoms with Gasteiger partial charge >= 0.3 is 21.7 Å². The van der Waals surface area contributed by atoms with Gasteiger partial charge in [-0.25, -0.2) is 0 Å². The first kappa shape index (κ1) is 50.6. The fourth-order valence-corrected chi connectivity index (χ4v) is 10.7. The summed E-state index contributed by atoms with van der Waals surface area (Å²) < 4.78 is 0. The molecule has 8 aromatic carbocycles. The summed E-state index contributed by atoms with van der Waals surface area (Å²) in [6.45, 7) is 25.4. The monoisotopic (exact) mass is 942 g/mol. The van der Waals surface area contributed by atoms with Crippen molar-refractivity contribution in [3.63, 3.8) is 0 Å². The minimum absolute atomic E-state index is 0. The van der Waals surface area contributed by atoms with Crippen LogP contribution in [0.25, 0.3) is 22.3 Å². The van der Waals surface area contributed by atoms with Gasteiger partial charge in [0.2, 0.25) is 0 Å². The van der Waals surface area contributed by atoms with Crippen LogP contribution in [0.2, 0.25) is 0 Å². The third kappa shape index (κ3) is 10.2. The molecule has 2 aliphatic rings. The van der Waals surface area contributed by atoms with Gasteiger partial charge in [-0.1, -0.05) is 158 Å². The number of nitrogens with zero attached hydrogens (tertiary/aromatic N) is 2. The predicted molar refractivity (Wildman–Crippen MR) is 284 cm³/mol. The molecule has 0 aliphatic heterocycles. The number of likely N-dealkylation sites (N-methyl/N-ethyl adjacent to an activating group) is 1. The summed E-state index contributed by atoms with van der Waals surface area (Å²) in [6, 6.07) is 62.9. The molecule has 8 aromatic rings. The normalized spacial score (nSPS) is 13.2. The molecule has 1 radical (unpaired) electrons. The number of aromatic hydroxyl groups is 2. The number of rotatable bonds is 11. The summed E-state index contributed by atoms with van der Waals surface area (Å²) in [4.78, 5) is 4.85. The van der Waals surface area contributed by atoms with E-state index in [1.54, 1.807) is 0 Å². The van der Waals surface area contributed by atoms with Crippen LogP contribution < -0.4 is 0 Å². The van der Waals surface area contributed by atoms with Gasteiger partial charge in [-0.3, -0.25) is 4.90 Å². The molecule has 69 heavy (non-hydrogen) atoms. The van der Waals surface area contributed by atoms with Gasteiger partial charge in [-0.2, -0.15) is 49.2 Å². The molecule has 2 N–H and O–H groups in total. The number of hydrogen-bond acceptors (Lipinski definition) is 4. The Bertz CT molecular complexity index is 2710. The summed E-state index contributed by atoms with van der Waals surface area (Å²) in [5.74, 6) is 0.701. The van der Waals surface area contributed by atoms with Crippen LogP contribution in [0.1, 0.15) is 94.5 Å². The summed E-state index contributed by atoms with van der Waals surface area (Å²) in [5.41, 5.74) is 16.9. The van der Waals surface area contributed by atoms with E-state index in [0.717, 1.165) is 70.7 Å². The Morgan fingerprint density at radius 1 is 0.406 bits per heavy atom. The molecule has 0 heterocycles. The van der Waals surface area contributed by atoms with Crippen LogP contribution >= 0.6 is 0 Å². The topological polar surface area (TPSA) is 46.9 Å². The molecule has 5 heteroatoms. The molecular formula is C64H66N2O2Ti+. The summed E-state index contributed by atoms with van der Waals surface area (Å²) in [6.07, 6.45) is 0. The van der Waals surface area contributed by atoms with Crippen LogP contribution in [-0.2, 0) is 45.6 Å². The van der Waals surface area contributed by atoms with Crippen molar-refractivity contribution in [3.05, 3.63) is 263 Å². The molecular weight excluding hydrogens is 877 g/mol. The second kappa shape index (κ2) is 22.0. The second-order valence-corrected chi connectivity index (χ2v) is 18.8. The van der Waals surface area contributed by atoms with E-state index in [-0.39, 0.29) is 21.7 Å². The average Bonchev–Trinajstić information content (AvgIpc) is 3.78. The maximum Gasteiger partial charge on any atom is 3.00 e. The van der Waals surface area contributed by atoms with Gasteiger partial charge in [-0.15, -0.1) is 24.3 Å². The van der Waals surface area contributed by atoms with Crippen LogP contribution in [0.5, 0.6) is 11.5 Å². The predicted octanol–water partition coefficient (Wildman–Crippen LogP) is 14.5. The van der Waals surface area contributed by atoms with E-state index in [9.17, 15) is 10.2 Å². The molecule has 347 valence electrons. The number of benzene rings is 8. The Kier molecular flexibility index (Phi) is 16.1. The molecule has 10 rings (SSSR count). The smallest absolute Gasteiger partial charge is 0.507 e. The van der Waals surface area contributed by atoms with Gasteiger partial charge in [0, 0.05) is 59.3 Å². The number of hydrogen-bond donors (Lipinski definition) is 2. The van der Waals surface area contributed by atoms with Crippen molar-refractivity contribution >= 4 is 0 Å². The SMILES string of the molecule is CCN(CC)CCN(Cc1cc(C)cc(C2(C)c3ccccc3-c3ccccc32)c1O)Cc1cc(C)cc(C2(C)c3ccccc3-c3ccccc32)c1O.[CH2-]c1ccccc1.[CH2-]c1ccccc1.[Ti+3]. The van der Waals surface area contributed by atoms with Crippen molar-refractivity contribution in [3.8, 4) is 33.8 Å². The second-order valence-electron chi connectivity index (χ2n) is 18.8. The van der Waals surface area contributed by atoms with Gasteiger partial charge in [-0.05, 0) is 85.3 Å². The average molecular weight is 943 g/mol. The molecule has 0 unspecified atom stereocenters. The van der Waals surface area contributed by atoms with E-state index >= 15 is 0 Å². The molecule has 0 saturated carbocycles. The largest absolute Gasteiger partial charge is 3.00 e. The van der Waals surface area contributed by atoms with Gasteiger partial charge in [0.05, 0.1) is 0 Å². The van der Waals surface area contributed by atoms with Crippen LogP contribution in [0.3, 0.4) is 0 Å². The minimum Gasteiger partial charge on any atom is -0.507 e. The fourth-order valence-electron chi connectivity index (χ4n) is 10.7. The van der Waals surface area contributed by atoms with Crippen LogP contribution in [0.4, 0.5) is 0 Å². The number of aryl methyl sites for hydroxylation is 2. The molecule has 4 nitrogen and oxygen atoms in total. The minimum atomic E-state index is -0.503. The van der Waals surface area contributed by atoms with Crippen molar-refractivity contribution in [1.29, 1.82) is 0 Å². The van der Waals surface area contributed by atoms with Crippen molar-refractivity contribution < 1.29 is 31.9 Å². The number of phenols is 2. The molecule has 0 saturated heterocycles. The maximum absolute atomic E-state index is 12.4. The Labute approximate surface area is 427 Å². The van der Waals surface area contributed by atoms with Crippen molar-refractivity contribution in [2.24, 2.45) is 0 Å². The first-order valence-electron chi connectivity index (χ1n) is 24.1. The van der Waals surface area contributed by atoms with Crippen molar-refractivity contribution in [2.45, 2.75) is 65.5 Å². The molecule has 0 fully saturated rings. The van der Waals surface area contributed by atoms with Crippen LogP contribution in [0, 0.1) is 27.7 Å². The quantitative estimate of drug-likeness (QED) is 0.100. The molecule has 0 spiro atoms. The molecule has 0 atom stereocenters. The Morgan fingerprint density at radius 2 is 0.696 bits per heavy atom. The van der Waals surface area contributed by atoms with Gasteiger partial charge in [0.25, 0.3) is 0 Å². The van der Waals surface area contributed by atoms with Gasteiger partial charge in [0.1, 0.15) is 11.5 Å². The Balaban J connectivity index is 0.000000402. The first-order valence-corrected chi connectivity index (χ1v) is 24.1. The van der Waals surface area contributed by atoms with E-state index < -0.39 is 10.8 Å². The Hall–Kier alpha value is -6.27. The fraction of sp³-hybridized carbons (Fsp3) is 0.219. The zero-order valence-corrected chi connectivity index (χ0v) is 42.8. The molecule has 0 bridgehead atoms. The molecule has 0 aromatic heterocycles. The van der Waals surface area contributed by atoms with Crippen molar-refractivity contribution in [2.75, 3.05) is 26.2 Å². The van der Waals surface area contributed by atoms with Gasteiger partial charge in [0.15, 0.2) is 0 Å². The van der Waals surface area contributed by atoms with E-state index in [0.29, 0.717) is 24.6 Å². The zero-order chi connectivity index (χ0) is 48.0. The van der Waals surface area contributed by atoms with Gasteiger partial charge < -0.3 is 15.1 Å². The maximum atomic E-state index is 12.4. The number of phenolic OH excluding ortho intramolecular Hbond substituents is 2.